The van der Waals surface area contributed by atoms with Gasteiger partial charge in [0.1, 0.15) is 11.9 Å². The van der Waals surface area contributed by atoms with Gasteiger partial charge in [-0.2, -0.15) is 13.2 Å². The number of nitrogens with zero attached hydrogens (tertiary/aromatic N) is 2. The van der Waals surface area contributed by atoms with Gasteiger partial charge in [-0.3, -0.25) is 0 Å². The monoisotopic (exact) mass is 348 g/mol. The normalized spacial score (nSPS) is 18.0. The van der Waals surface area contributed by atoms with E-state index in [0.29, 0.717) is 0 Å². The smallest absolute Gasteiger partial charge is 0.442 e. The molecule has 2 N–H and O–H groups in total. The van der Waals surface area contributed by atoms with E-state index in [-0.39, 0.29) is 23.5 Å². The highest BCUT2D eigenvalue weighted by Crippen LogP contribution is 2.53. The van der Waals surface area contributed by atoms with Crippen LogP contribution in [0.15, 0.2) is 28.4 Å². The highest BCUT2D eigenvalue weighted by Gasteiger charge is 2.65. The zero-order valence-corrected chi connectivity index (χ0v) is 12.7. The number of aliphatic hydroxyl groups excluding tert-OH is 2. The van der Waals surface area contributed by atoms with Crippen LogP contribution in [0.4, 0.5) is 13.2 Å². The summed E-state index contributed by atoms with van der Waals surface area (Å²) in [5.74, 6) is -1.21. The van der Waals surface area contributed by atoms with Gasteiger partial charge in [-0.15, -0.1) is 10.2 Å². The van der Waals surface area contributed by atoms with Crippen molar-refractivity contribution in [2.75, 3.05) is 13.7 Å². The Kier molecular flexibility index (Phi) is 4.81. The van der Waals surface area contributed by atoms with Gasteiger partial charge >= 0.3 is 17.8 Å². The molecular formula is C14H15F3N2O5. The van der Waals surface area contributed by atoms with Crippen molar-refractivity contribution < 1.29 is 37.7 Å². The van der Waals surface area contributed by atoms with Gasteiger partial charge in [-0.25, -0.2) is 4.79 Å². The Morgan fingerprint density at radius 3 is 2.42 bits per heavy atom. The number of alkyl halides is 3. The summed E-state index contributed by atoms with van der Waals surface area (Å²) in [5, 5.41) is 26.0. The highest BCUT2D eigenvalue weighted by atomic mass is 19.4. The maximum Gasteiger partial charge on any atom is 0.442 e. The average molecular weight is 348 g/mol. The van der Waals surface area contributed by atoms with Crippen LogP contribution in [0.25, 0.3) is 0 Å². The van der Waals surface area contributed by atoms with Crippen molar-refractivity contribution in [3.63, 3.8) is 0 Å². The van der Waals surface area contributed by atoms with Crippen LogP contribution in [0.3, 0.4) is 0 Å². The van der Waals surface area contributed by atoms with Crippen molar-refractivity contribution in [1.82, 2.24) is 0 Å². The first-order chi connectivity index (χ1) is 11.2. The van der Waals surface area contributed by atoms with Gasteiger partial charge in [0, 0.05) is 11.1 Å². The quantitative estimate of drug-likeness (QED) is 0.764. The number of carbonyl (C=O) groups excluding carboxylic acids is 1. The number of ether oxygens (including phenoxy) is 2. The molecular weight excluding hydrogens is 333 g/mol. The van der Waals surface area contributed by atoms with E-state index in [2.05, 4.69) is 15.0 Å². The lowest BCUT2D eigenvalue weighted by Gasteiger charge is -2.21. The summed E-state index contributed by atoms with van der Waals surface area (Å²) in [4.78, 5) is 11.5. The molecule has 0 spiro atoms. The standard InChI is InChI=1S/C14H15F3N2O5/c1-3-24-12(22)11(21)10(20)8-5-4-7(6-9(8)23-2)13(18-19-13)14(15,16)17/h4-6,10-11,20-21H,3H2,1-2H3. The molecule has 2 unspecified atom stereocenters. The Labute approximate surface area is 134 Å². The van der Waals surface area contributed by atoms with E-state index in [1.54, 1.807) is 0 Å². The zero-order valence-electron chi connectivity index (χ0n) is 12.7. The zero-order chi connectivity index (χ0) is 18.1. The molecule has 1 aromatic rings. The maximum atomic E-state index is 13.0. The molecule has 7 nitrogen and oxygen atoms in total. The molecule has 2 atom stereocenters. The number of halogens is 3. The van der Waals surface area contributed by atoms with Crippen molar-refractivity contribution in [2.45, 2.75) is 31.0 Å². The third kappa shape index (κ3) is 3.06. The fourth-order valence-electron chi connectivity index (χ4n) is 2.14. The Bertz CT molecular complexity index is 656. The minimum absolute atomic E-state index is 0.00417. The van der Waals surface area contributed by atoms with Gasteiger partial charge in [-0.1, -0.05) is 12.1 Å². The lowest BCUT2D eigenvalue weighted by atomic mass is 9.96. The summed E-state index contributed by atoms with van der Waals surface area (Å²) in [5.41, 5.74) is -3.00. The van der Waals surface area contributed by atoms with Crippen LogP contribution in [0.1, 0.15) is 24.2 Å². The molecule has 24 heavy (non-hydrogen) atoms. The molecule has 1 aliphatic rings. The largest absolute Gasteiger partial charge is 0.496 e. The Morgan fingerprint density at radius 1 is 1.33 bits per heavy atom. The van der Waals surface area contributed by atoms with Crippen LogP contribution in [0.5, 0.6) is 5.75 Å². The minimum atomic E-state index is -4.71. The first kappa shape index (κ1) is 18.1. The van der Waals surface area contributed by atoms with Gasteiger partial charge in [0.25, 0.3) is 0 Å². The molecule has 0 saturated carbocycles. The topological polar surface area (TPSA) is 101 Å². The second-order valence-electron chi connectivity index (χ2n) is 4.97. The number of hydrogen-bond donors (Lipinski definition) is 2. The third-order valence-corrected chi connectivity index (χ3v) is 3.48. The van der Waals surface area contributed by atoms with E-state index >= 15 is 0 Å². The molecule has 0 aliphatic carbocycles. The first-order valence-corrected chi connectivity index (χ1v) is 6.90. The Hall–Kier alpha value is -2.20. The summed E-state index contributed by atoms with van der Waals surface area (Å²) in [7, 11) is 1.17. The number of benzene rings is 1. The van der Waals surface area contributed by atoms with E-state index in [1.807, 2.05) is 0 Å². The fraction of sp³-hybridized carbons (Fsp3) is 0.500. The van der Waals surface area contributed by atoms with Crippen LogP contribution < -0.4 is 4.74 Å². The number of hydrogen-bond acceptors (Lipinski definition) is 7. The number of methoxy groups -OCH3 is 1. The predicted octanol–water partition coefficient (Wildman–Crippen LogP) is 1.83. The lowest BCUT2D eigenvalue weighted by Crippen LogP contribution is -2.31. The second-order valence-corrected chi connectivity index (χ2v) is 4.97. The van der Waals surface area contributed by atoms with E-state index in [0.717, 1.165) is 18.2 Å². The van der Waals surface area contributed by atoms with Crippen LogP contribution >= 0.6 is 0 Å². The van der Waals surface area contributed by atoms with E-state index < -0.39 is 30.0 Å². The van der Waals surface area contributed by atoms with E-state index in [9.17, 15) is 28.2 Å². The summed E-state index contributed by atoms with van der Waals surface area (Å²) >= 11 is 0. The SMILES string of the molecule is CCOC(=O)C(O)C(O)c1ccc(C2(C(F)(F)F)N=N2)cc1OC. The number of esters is 1. The van der Waals surface area contributed by atoms with Gasteiger partial charge < -0.3 is 19.7 Å². The molecule has 1 aliphatic heterocycles. The predicted molar refractivity (Wildman–Crippen MR) is 73.2 cm³/mol. The minimum Gasteiger partial charge on any atom is -0.496 e. The van der Waals surface area contributed by atoms with Gasteiger partial charge in [-0.05, 0) is 13.0 Å². The summed E-state index contributed by atoms with van der Waals surface area (Å²) < 4.78 is 48.6. The molecule has 1 aromatic carbocycles. The van der Waals surface area contributed by atoms with Crippen molar-refractivity contribution in [2.24, 2.45) is 10.2 Å². The molecule has 0 amide bonds. The number of aliphatic hydroxyl groups is 2. The van der Waals surface area contributed by atoms with Gasteiger partial charge in [0.2, 0.25) is 0 Å². The summed E-state index contributed by atoms with van der Waals surface area (Å²) in [6, 6.07) is 3.16. The molecule has 2 rings (SSSR count). The number of carbonyl (C=O) groups is 1. The second kappa shape index (κ2) is 6.36. The molecule has 132 valence electrons. The van der Waals surface area contributed by atoms with E-state index in [1.165, 1.54) is 14.0 Å². The van der Waals surface area contributed by atoms with Gasteiger partial charge in [0.05, 0.1) is 13.7 Å². The summed E-state index contributed by atoms with van der Waals surface area (Å²) in [6.45, 7) is 1.52. The van der Waals surface area contributed by atoms with Gasteiger partial charge in [0.15, 0.2) is 6.10 Å². The van der Waals surface area contributed by atoms with Crippen LogP contribution in [-0.2, 0) is 15.2 Å². The van der Waals surface area contributed by atoms with Crippen molar-refractivity contribution >= 4 is 5.97 Å². The summed E-state index contributed by atoms with van der Waals surface area (Å²) in [6.07, 6.45) is -8.35. The maximum absolute atomic E-state index is 13.0. The molecule has 0 saturated heterocycles. The van der Waals surface area contributed by atoms with Crippen molar-refractivity contribution in [3.05, 3.63) is 29.3 Å². The molecule has 0 aromatic heterocycles. The molecule has 10 heteroatoms. The molecule has 0 fully saturated rings. The van der Waals surface area contributed by atoms with Crippen molar-refractivity contribution in [3.8, 4) is 5.75 Å². The van der Waals surface area contributed by atoms with Crippen LogP contribution in [0.2, 0.25) is 0 Å². The number of rotatable bonds is 6. The first-order valence-electron chi connectivity index (χ1n) is 6.90. The lowest BCUT2D eigenvalue weighted by molar-refractivity contribution is -0.166. The third-order valence-electron chi connectivity index (χ3n) is 3.48. The molecule has 0 bridgehead atoms. The van der Waals surface area contributed by atoms with Crippen LogP contribution in [-0.4, -0.2) is 42.2 Å². The van der Waals surface area contributed by atoms with Crippen molar-refractivity contribution in [1.29, 1.82) is 0 Å². The highest BCUT2D eigenvalue weighted by molar-refractivity contribution is 5.75. The average Bonchev–Trinajstić information content (AvgIpc) is 3.34. The van der Waals surface area contributed by atoms with E-state index in [4.69, 9.17) is 4.74 Å². The Morgan fingerprint density at radius 2 is 1.96 bits per heavy atom. The fourth-order valence-corrected chi connectivity index (χ4v) is 2.14. The molecule has 0 radical (unpaired) electrons. The Balaban J connectivity index is 2.32. The molecule has 1 heterocycles. The van der Waals surface area contributed by atoms with Crippen LogP contribution in [0, 0.1) is 0 Å².